The van der Waals surface area contributed by atoms with Crippen molar-refractivity contribution in [3.8, 4) is 0 Å². The lowest BCUT2D eigenvalue weighted by Crippen LogP contribution is -2.48. The number of carboxylic acid groups (broad SMARTS) is 1. The van der Waals surface area contributed by atoms with Gasteiger partial charge in [0.15, 0.2) is 0 Å². The van der Waals surface area contributed by atoms with Gasteiger partial charge in [-0.25, -0.2) is 4.79 Å². The van der Waals surface area contributed by atoms with Crippen LogP contribution in [0.15, 0.2) is 12.2 Å². The van der Waals surface area contributed by atoms with E-state index in [0.717, 1.165) is 0 Å². The minimum absolute atomic E-state index is 0.123. The summed E-state index contributed by atoms with van der Waals surface area (Å²) in [6.45, 7) is 5.42. The molecule has 0 saturated carbocycles. The summed E-state index contributed by atoms with van der Waals surface area (Å²) in [6.07, 6.45) is 3.53. The lowest BCUT2D eigenvalue weighted by Gasteiger charge is -2.20. The normalized spacial score (nSPS) is 21.4. The Balaban J connectivity index is 2.27. The Labute approximate surface area is 117 Å². The van der Waals surface area contributed by atoms with Crippen LogP contribution in [-0.4, -0.2) is 41.1 Å². The van der Waals surface area contributed by atoms with Gasteiger partial charge < -0.3 is 21.1 Å². The molecule has 0 heterocycles. The number of amides is 3. The molecule has 4 N–H and O–H groups in total. The minimum atomic E-state index is -0.907. The van der Waals surface area contributed by atoms with E-state index in [9.17, 15) is 14.4 Å². The maximum Gasteiger partial charge on any atom is 0.315 e. The summed E-state index contributed by atoms with van der Waals surface area (Å²) in [5.41, 5.74) is -0.349. The SMILES string of the molecule is CC(C)(C)NC(=O)CNC(=O)NC1C=CC(C(=O)O)C1. The van der Waals surface area contributed by atoms with E-state index < -0.39 is 17.9 Å². The first-order valence-electron chi connectivity index (χ1n) is 6.44. The molecule has 0 spiro atoms. The lowest BCUT2D eigenvalue weighted by molar-refractivity contribution is -0.140. The number of carbonyl (C=O) groups is 3. The Bertz CT molecular complexity index is 426. The third-order valence-corrected chi connectivity index (χ3v) is 2.64. The van der Waals surface area contributed by atoms with Crippen LogP contribution in [-0.2, 0) is 9.59 Å². The molecule has 0 aliphatic heterocycles. The number of hydrogen-bond acceptors (Lipinski definition) is 3. The summed E-state index contributed by atoms with van der Waals surface area (Å²) in [7, 11) is 0. The molecule has 20 heavy (non-hydrogen) atoms. The van der Waals surface area contributed by atoms with Crippen molar-refractivity contribution in [2.45, 2.75) is 38.8 Å². The maximum absolute atomic E-state index is 11.6. The highest BCUT2D eigenvalue weighted by atomic mass is 16.4. The highest BCUT2D eigenvalue weighted by Crippen LogP contribution is 2.17. The summed E-state index contributed by atoms with van der Waals surface area (Å²) in [5, 5.41) is 16.6. The number of hydrogen-bond donors (Lipinski definition) is 4. The van der Waals surface area contributed by atoms with Crippen molar-refractivity contribution in [1.82, 2.24) is 16.0 Å². The fourth-order valence-corrected chi connectivity index (χ4v) is 1.83. The van der Waals surface area contributed by atoms with E-state index in [1.165, 1.54) is 0 Å². The molecule has 0 saturated heterocycles. The maximum atomic E-state index is 11.6. The van der Waals surface area contributed by atoms with Crippen molar-refractivity contribution in [3.05, 3.63) is 12.2 Å². The number of carbonyl (C=O) groups excluding carboxylic acids is 2. The minimum Gasteiger partial charge on any atom is -0.481 e. The largest absolute Gasteiger partial charge is 0.481 e. The van der Waals surface area contributed by atoms with Gasteiger partial charge in [-0.2, -0.15) is 0 Å². The molecule has 112 valence electrons. The topological polar surface area (TPSA) is 108 Å². The van der Waals surface area contributed by atoms with E-state index >= 15 is 0 Å². The van der Waals surface area contributed by atoms with Crippen molar-refractivity contribution in [1.29, 1.82) is 0 Å². The third-order valence-electron chi connectivity index (χ3n) is 2.64. The van der Waals surface area contributed by atoms with Crippen molar-refractivity contribution >= 4 is 17.9 Å². The van der Waals surface area contributed by atoms with Crippen LogP contribution in [0, 0.1) is 5.92 Å². The Morgan fingerprint density at radius 1 is 1.25 bits per heavy atom. The number of rotatable bonds is 4. The van der Waals surface area contributed by atoms with Gasteiger partial charge in [0.05, 0.1) is 18.5 Å². The molecule has 7 heteroatoms. The first kappa shape index (κ1) is 16.0. The standard InChI is InChI=1S/C13H21N3O4/c1-13(2,3)16-10(17)7-14-12(20)15-9-5-4-8(6-9)11(18)19/h4-5,8-9H,6-7H2,1-3H3,(H,16,17)(H,18,19)(H2,14,15,20). The predicted molar refractivity (Wildman–Crippen MR) is 73.1 cm³/mol. The second-order valence-electron chi connectivity index (χ2n) is 5.80. The Morgan fingerprint density at radius 2 is 1.90 bits per heavy atom. The molecule has 1 aliphatic carbocycles. The van der Waals surface area contributed by atoms with Crippen molar-refractivity contribution < 1.29 is 19.5 Å². The van der Waals surface area contributed by atoms with Gasteiger partial charge in [-0.3, -0.25) is 9.59 Å². The third kappa shape index (κ3) is 5.73. The summed E-state index contributed by atoms with van der Waals surface area (Å²) < 4.78 is 0. The van der Waals surface area contributed by atoms with Crippen LogP contribution in [0.2, 0.25) is 0 Å². The second kappa shape index (κ2) is 6.40. The van der Waals surface area contributed by atoms with Gasteiger partial charge in [0.25, 0.3) is 0 Å². The lowest BCUT2D eigenvalue weighted by atomic mass is 10.1. The monoisotopic (exact) mass is 283 g/mol. The Morgan fingerprint density at radius 3 is 2.40 bits per heavy atom. The van der Waals surface area contributed by atoms with Crippen LogP contribution in [0.4, 0.5) is 4.79 Å². The average Bonchev–Trinajstić information content (AvgIpc) is 2.72. The molecule has 1 aliphatic rings. The van der Waals surface area contributed by atoms with Gasteiger partial charge in [-0.05, 0) is 27.2 Å². The Hall–Kier alpha value is -2.05. The fourth-order valence-electron chi connectivity index (χ4n) is 1.83. The van der Waals surface area contributed by atoms with Gasteiger partial charge in [-0.15, -0.1) is 0 Å². The molecule has 7 nitrogen and oxygen atoms in total. The zero-order valence-corrected chi connectivity index (χ0v) is 11.9. The van der Waals surface area contributed by atoms with E-state index in [0.29, 0.717) is 6.42 Å². The Kier molecular flexibility index (Phi) is 5.12. The van der Waals surface area contributed by atoms with Crippen LogP contribution >= 0.6 is 0 Å². The number of carboxylic acids is 1. The van der Waals surface area contributed by atoms with Crippen molar-refractivity contribution in [2.24, 2.45) is 5.92 Å². The highest BCUT2D eigenvalue weighted by molar-refractivity contribution is 5.84. The van der Waals surface area contributed by atoms with E-state index in [1.807, 2.05) is 20.8 Å². The van der Waals surface area contributed by atoms with E-state index in [1.54, 1.807) is 12.2 Å². The van der Waals surface area contributed by atoms with Gasteiger partial charge in [0.2, 0.25) is 5.91 Å². The van der Waals surface area contributed by atoms with Crippen LogP contribution < -0.4 is 16.0 Å². The molecule has 0 fully saturated rings. The molecular formula is C13H21N3O4. The molecule has 0 aromatic heterocycles. The molecule has 2 atom stereocenters. The first-order chi connectivity index (χ1) is 9.17. The summed E-state index contributed by atoms with van der Waals surface area (Å²) in [4.78, 5) is 33.8. The van der Waals surface area contributed by atoms with Crippen LogP contribution in [0.1, 0.15) is 27.2 Å². The fraction of sp³-hybridized carbons (Fsp3) is 0.615. The zero-order chi connectivity index (χ0) is 15.3. The van der Waals surface area contributed by atoms with Crippen molar-refractivity contribution in [2.75, 3.05) is 6.54 Å². The van der Waals surface area contributed by atoms with Crippen LogP contribution in [0.25, 0.3) is 0 Å². The summed E-state index contributed by atoms with van der Waals surface area (Å²) in [5.74, 6) is -1.75. The summed E-state index contributed by atoms with van der Waals surface area (Å²) >= 11 is 0. The molecule has 0 aromatic rings. The number of urea groups is 1. The van der Waals surface area contributed by atoms with E-state index in [-0.39, 0.29) is 24.0 Å². The van der Waals surface area contributed by atoms with E-state index in [4.69, 9.17) is 5.11 Å². The average molecular weight is 283 g/mol. The van der Waals surface area contributed by atoms with Gasteiger partial charge in [0.1, 0.15) is 0 Å². The highest BCUT2D eigenvalue weighted by Gasteiger charge is 2.25. The smallest absolute Gasteiger partial charge is 0.315 e. The van der Waals surface area contributed by atoms with Crippen molar-refractivity contribution in [3.63, 3.8) is 0 Å². The van der Waals surface area contributed by atoms with Gasteiger partial charge >= 0.3 is 12.0 Å². The zero-order valence-electron chi connectivity index (χ0n) is 11.9. The first-order valence-corrected chi connectivity index (χ1v) is 6.44. The van der Waals surface area contributed by atoms with Crippen LogP contribution in [0.3, 0.4) is 0 Å². The molecule has 0 aromatic carbocycles. The molecule has 2 unspecified atom stereocenters. The quantitative estimate of drug-likeness (QED) is 0.554. The molecular weight excluding hydrogens is 262 g/mol. The number of nitrogens with one attached hydrogen (secondary N) is 3. The summed E-state index contributed by atoms with van der Waals surface area (Å²) in [6, 6.07) is -0.809. The molecule has 0 bridgehead atoms. The van der Waals surface area contributed by atoms with E-state index in [2.05, 4.69) is 16.0 Å². The van der Waals surface area contributed by atoms with Crippen LogP contribution in [0.5, 0.6) is 0 Å². The van der Waals surface area contributed by atoms with Gasteiger partial charge in [0, 0.05) is 5.54 Å². The molecule has 0 radical (unpaired) electrons. The van der Waals surface area contributed by atoms with Gasteiger partial charge in [-0.1, -0.05) is 12.2 Å². The predicted octanol–water partition coefficient (Wildman–Crippen LogP) is 0.230. The molecule has 1 rings (SSSR count). The number of aliphatic carboxylic acids is 1. The molecule has 3 amide bonds. The second-order valence-corrected chi connectivity index (χ2v) is 5.80.